The summed E-state index contributed by atoms with van der Waals surface area (Å²) in [6, 6.07) is 8.10. The number of halogens is 3. The largest absolute Gasteiger partial charge is 0.399 e. The molecule has 0 radical (unpaired) electrons. The summed E-state index contributed by atoms with van der Waals surface area (Å²) >= 11 is 0. The van der Waals surface area contributed by atoms with Gasteiger partial charge in [-0.1, -0.05) is 12.1 Å². The van der Waals surface area contributed by atoms with Gasteiger partial charge in [0.1, 0.15) is 0 Å². The third-order valence-corrected chi connectivity index (χ3v) is 2.65. The van der Waals surface area contributed by atoms with Crippen molar-refractivity contribution in [1.29, 1.82) is 0 Å². The van der Waals surface area contributed by atoms with E-state index in [1.165, 1.54) is 0 Å². The maximum absolute atomic E-state index is 13.0. The van der Waals surface area contributed by atoms with Gasteiger partial charge in [-0.05, 0) is 29.8 Å². The zero-order valence-corrected chi connectivity index (χ0v) is 10.3. The van der Waals surface area contributed by atoms with Crippen molar-refractivity contribution in [2.24, 2.45) is 0 Å². The molecule has 20 heavy (non-hydrogen) atoms. The van der Waals surface area contributed by atoms with E-state index in [2.05, 4.69) is 5.32 Å². The van der Waals surface area contributed by atoms with E-state index in [-0.39, 0.29) is 12.1 Å². The summed E-state index contributed by atoms with van der Waals surface area (Å²) in [7, 11) is 0. The molecule has 0 aliphatic heterocycles. The zero-order valence-electron chi connectivity index (χ0n) is 10.3. The van der Waals surface area contributed by atoms with Crippen LogP contribution in [0.3, 0.4) is 0 Å². The second-order valence-electron chi connectivity index (χ2n) is 4.18. The molecule has 0 heterocycles. The third-order valence-electron chi connectivity index (χ3n) is 2.65. The van der Waals surface area contributed by atoms with Crippen LogP contribution in [0.15, 0.2) is 36.4 Å². The van der Waals surface area contributed by atoms with E-state index in [9.17, 15) is 18.0 Å². The highest BCUT2D eigenvalue weighted by Crippen LogP contribution is 2.14. The fourth-order valence-electron chi connectivity index (χ4n) is 1.67. The molecule has 6 heteroatoms. The molecule has 0 saturated carbocycles. The van der Waals surface area contributed by atoms with Gasteiger partial charge in [-0.25, -0.2) is 13.2 Å². The Hall–Kier alpha value is -2.50. The van der Waals surface area contributed by atoms with Crippen LogP contribution >= 0.6 is 0 Å². The molecule has 2 rings (SSSR count). The maximum Gasteiger partial charge on any atom is 0.251 e. The normalized spacial score (nSPS) is 10.3. The quantitative estimate of drug-likeness (QED) is 0.670. The molecule has 0 aromatic heterocycles. The van der Waals surface area contributed by atoms with E-state index in [1.54, 1.807) is 24.3 Å². The van der Waals surface area contributed by atoms with Crippen molar-refractivity contribution in [3.63, 3.8) is 0 Å². The van der Waals surface area contributed by atoms with Gasteiger partial charge in [-0.3, -0.25) is 4.79 Å². The number of amides is 1. The van der Waals surface area contributed by atoms with Crippen molar-refractivity contribution >= 4 is 11.6 Å². The Balaban J connectivity index is 2.09. The van der Waals surface area contributed by atoms with Crippen molar-refractivity contribution in [2.45, 2.75) is 6.54 Å². The minimum absolute atomic E-state index is 0.143. The van der Waals surface area contributed by atoms with Crippen molar-refractivity contribution < 1.29 is 18.0 Å². The van der Waals surface area contributed by atoms with Crippen LogP contribution in [0.1, 0.15) is 15.9 Å². The first kappa shape index (κ1) is 13.9. The molecule has 1 amide bonds. The van der Waals surface area contributed by atoms with Crippen LogP contribution in [0.5, 0.6) is 0 Å². The minimum atomic E-state index is -1.60. The molecule has 104 valence electrons. The number of carbonyl (C=O) groups is 1. The van der Waals surface area contributed by atoms with Gasteiger partial charge in [0.15, 0.2) is 17.5 Å². The average Bonchev–Trinajstić information content (AvgIpc) is 2.41. The Morgan fingerprint density at radius 3 is 2.35 bits per heavy atom. The summed E-state index contributed by atoms with van der Waals surface area (Å²) in [5, 5.41) is 2.47. The number of benzene rings is 2. The Kier molecular flexibility index (Phi) is 3.93. The van der Waals surface area contributed by atoms with E-state index in [0.29, 0.717) is 17.8 Å². The highest BCUT2D eigenvalue weighted by molar-refractivity contribution is 5.94. The van der Waals surface area contributed by atoms with E-state index >= 15 is 0 Å². The lowest BCUT2D eigenvalue weighted by Gasteiger charge is -2.07. The average molecular weight is 280 g/mol. The highest BCUT2D eigenvalue weighted by Gasteiger charge is 2.14. The first-order valence-electron chi connectivity index (χ1n) is 5.74. The SMILES string of the molecule is Nc1cccc(CNC(=O)c2cc(F)c(F)c(F)c2)c1. The molecule has 0 fully saturated rings. The molecule has 0 spiro atoms. The van der Waals surface area contributed by atoms with Crippen molar-refractivity contribution in [2.75, 3.05) is 5.73 Å². The second-order valence-corrected chi connectivity index (χ2v) is 4.18. The molecule has 2 aromatic carbocycles. The predicted molar refractivity (Wildman–Crippen MR) is 68.3 cm³/mol. The molecule has 0 saturated heterocycles. The van der Waals surface area contributed by atoms with E-state index in [0.717, 1.165) is 5.56 Å². The van der Waals surface area contributed by atoms with Crippen LogP contribution < -0.4 is 11.1 Å². The van der Waals surface area contributed by atoms with Crippen LogP contribution in [0, 0.1) is 17.5 Å². The van der Waals surface area contributed by atoms with Crippen LogP contribution in [-0.2, 0) is 6.54 Å². The Morgan fingerprint density at radius 1 is 1.10 bits per heavy atom. The van der Waals surface area contributed by atoms with Gasteiger partial charge in [0.05, 0.1) is 0 Å². The smallest absolute Gasteiger partial charge is 0.251 e. The first-order chi connectivity index (χ1) is 9.47. The lowest BCUT2D eigenvalue weighted by Crippen LogP contribution is -2.23. The van der Waals surface area contributed by atoms with Crippen molar-refractivity contribution in [3.8, 4) is 0 Å². The second kappa shape index (κ2) is 5.64. The number of rotatable bonds is 3. The predicted octanol–water partition coefficient (Wildman–Crippen LogP) is 2.62. The summed E-state index contributed by atoms with van der Waals surface area (Å²) < 4.78 is 38.8. The Morgan fingerprint density at radius 2 is 1.75 bits per heavy atom. The van der Waals surface area contributed by atoms with Crippen molar-refractivity contribution in [1.82, 2.24) is 5.32 Å². The molecule has 0 atom stereocenters. The topological polar surface area (TPSA) is 55.1 Å². The molecule has 3 N–H and O–H groups in total. The molecule has 0 aliphatic rings. The first-order valence-corrected chi connectivity index (χ1v) is 5.74. The number of hydrogen-bond acceptors (Lipinski definition) is 2. The molecular weight excluding hydrogens is 269 g/mol. The molecule has 0 bridgehead atoms. The van der Waals surface area contributed by atoms with Gasteiger partial charge >= 0.3 is 0 Å². The fourth-order valence-corrected chi connectivity index (χ4v) is 1.67. The van der Waals surface area contributed by atoms with Crippen molar-refractivity contribution in [3.05, 3.63) is 65.0 Å². The van der Waals surface area contributed by atoms with Crippen LogP contribution in [-0.4, -0.2) is 5.91 Å². The summed E-state index contributed by atoms with van der Waals surface area (Å²) in [5.74, 6) is -5.11. The summed E-state index contributed by atoms with van der Waals surface area (Å²) in [5.41, 5.74) is 6.57. The lowest BCUT2D eigenvalue weighted by atomic mass is 10.1. The van der Waals surface area contributed by atoms with Gasteiger partial charge in [-0.15, -0.1) is 0 Å². The minimum Gasteiger partial charge on any atom is -0.399 e. The molecule has 0 unspecified atom stereocenters. The van der Waals surface area contributed by atoms with Crippen LogP contribution in [0.2, 0.25) is 0 Å². The van der Waals surface area contributed by atoms with E-state index < -0.39 is 23.4 Å². The lowest BCUT2D eigenvalue weighted by molar-refractivity contribution is 0.0949. The van der Waals surface area contributed by atoms with Gasteiger partial charge in [0.2, 0.25) is 0 Å². The summed E-state index contributed by atoms with van der Waals surface area (Å²) in [6.45, 7) is 0.143. The third kappa shape index (κ3) is 3.09. The maximum atomic E-state index is 13.0. The van der Waals surface area contributed by atoms with Gasteiger partial charge < -0.3 is 11.1 Å². The number of hydrogen-bond donors (Lipinski definition) is 2. The number of carbonyl (C=O) groups excluding carboxylic acids is 1. The Labute approximate surface area is 113 Å². The van der Waals surface area contributed by atoms with Gasteiger partial charge in [-0.2, -0.15) is 0 Å². The number of nitrogen functional groups attached to an aromatic ring is 1. The standard InChI is InChI=1S/C14H11F3N2O/c15-11-5-9(6-12(16)13(11)17)14(20)19-7-8-2-1-3-10(18)4-8/h1-6H,7,18H2,(H,19,20). The van der Waals surface area contributed by atoms with E-state index in [4.69, 9.17) is 5.73 Å². The van der Waals surface area contributed by atoms with E-state index in [1.807, 2.05) is 0 Å². The van der Waals surface area contributed by atoms with Gasteiger partial charge in [0, 0.05) is 17.8 Å². The molecular formula is C14H11F3N2O. The number of anilines is 1. The molecule has 3 nitrogen and oxygen atoms in total. The molecule has 0 aliphatic carbocycles. The van der Waals surface area contributed by atoms with Gasteiger partial charge in [0.25, 0.3) is 5.91 Å². The monoisotopic (exact) mass is 280 g/mol. The van der Waals surface area contributed by atoms with Crippen LogP contribution in [0.25, 0.3) is 0 Å². The number of nitrogens with two attached hydrogens (primary N) is 1. The summed E-state index contributed by atoms with van der Waals surface area (Å²) in [4.78, 5) is 11.7. The summed E-state index contributed by atoms with van der Waals surface area (Å²) in [6.07, 6.45) is 0. The molecule has 2 aromatic rings. The number of nitrogens with one attached hydrogen (secondary N) is 1. The highest BCUT2D eigenvalue weighted by atomic mass is 19.2. The zero-order chi connectivity index (χ0) is 14.7. The van der Waals surface area contributed by atoms with Crippen LogP contribution in [0.4, 0.5) is 18.9 Å². The fraction of sp³-hybridized carbons (Fsp3) is 0.0714. The Bertz CT molecular complexity index is 636.